The Morgan fingerprint density at radius 2 is 1.80 bits per heavy atom. The van der Waals surface area contributed by atoms with Crippen LogP contribution in [0, 0.1) is 0 Å². The average Bonchev–Trinajstić information content (AvgIpc) is 3.02. The molecule has 9 heteroatoms. The first kappa shape index (κ1) is 20.7. The zero-order chi connectivity index (χ0) is 21.5. The highest BCUT2D eigenvalue weighted by molar-refractivity contribution is 5.83. The number of aromatic nitrogens is 2. The zero-order valence-corrected chi connectivity index (χ0v) is 16.6. The molecule has 0 atom stereocenters. The maximum absolute atomic E-state index is 13.1. The third-order valence-electron chi connectivity index (χ3n) is 6.28. The van der Waals surface area contributed by atoms with Crippen LogP contribution in [-0.2, 0) is 15.8 Å². The summed E-state index contributed by atoms with van der Waals surface area (Å²) in [5.74, 6) is 0.569. The highest BCUT2D eigenvalue weighted by atomic mass is 19.4. The van der Waals surface area contributed by atoms with Gasteiger partial charge in [0.2, 0.25) is 11.8 Å². The highest BCUT2D eigenvalue weighted by Gasteiger charge is 2.34. The molecule has 162 valence electrons. The fourth-order valence-corrected chi connectivity index (χ4v) is 4.39. The number of rotatable bonds is 5. The van der Waals surface area contributed by atoms with Crippen LogP contribution in [0.1, 0.15) is 68.3 Å². The quantitative estimate of drug-likeness (QED) is 0.797. The number of amides is 2. The summed E-state index contributed by atoms with van der Waals surface area (Å²) in [7, 11) is 0. The molecule has 2 N–H and O–H groups in total. The molecule has 1 saturated heterocycles. The van der Waals surface area contributed by atoms with E-state index in [1.165, 1.54) is 6.07 Å². The SMILES string of the molecule is NC(=O)CCC(=O)N1CCC(n2c(C3CCC3)nc3cc(C(F)(F)F)ccc32)CC1. The second kappa shape index (κ2) is 7.92. The third kappa shape index (κ3) is 4.02. The zero-order valence-electron chi connectivity index (χ0n) is 16.6. The summed E-state index contributed by atoms with van der Waals surface area (Å²) in [5.41, 5.74) is 5.54. The Balaban J connectivity index is 1.57. The maximum Gasteiger partial charge on any atom is 0.416 e. The molecule has 6 nitrogen and oxygen atoms in total. The van der Waals surface area contributed by atoms with Crippen LogP contribution in [0.4, 0.5) is 13.2 Å². The smallest absolute Gasteiger partial charge is 0.370 e. The lowest BCUT2D eigenvalue weighted by Crippen LogP contribution is -2.39. The third-order valence-corrected chi connectivity index (χ3v) is 6.28. The van der Waals surface area contributed by atoms with Crippen LogP contribution in [0.5, 0.6) is 0 Å². The Kier molecular flexibility index (Phi) is 5.46. The molecule has 0 radical (unpaired) electrons. The molecule has 0 bridgehead atoms. The number of primary amides is 1. The number of nitrogens with two attached hydrogens (primary N) is 1. The summed E-state index contributed by atoms with van der Waals surface area (Å²) in [5, 5.41) is 0. The van der Waals surface area contributed by atoms with Crippen molar-refractivity contribution in [2.45, 2.75) is 63.1 Å². The molecular weight excluding hydrogens is 397 g/mol. The predicted molar refractivity (Wildman–Crippen MR) is 105 cm³/mol. The number of piperidine rings is 1. The van der Waals surface area contributed by atoms with Gasteiger partial charge in [0.05, 0.1) is 16.6 Å². The Morgan fingerprint density at radius 3 is 2.37 bits per heavy atom. The van der Waals surface area contributed by atoms with Crippen molar-refractivity contribution in [2.75, 3.05) is 13.1 Å². The Hall–Kier alpha value is -2.58. The molecule has 2 aromatic rings. The van der Waals surface area contributed by atoms with Gasteiger partial charge in [0.15, 0.2) is 0 Å². The molecular formula is C21H25F3N4O2. The second-order valence-corrected chi connectivity index (χ2v) is 8.25. The van der Waals surface area contributed by atoms with Crippen molar-refractivity contribution < 1.29 is 22.8 Å². The van der Waals surface area contributed by atoms with E-state index in [9.17, 15) is 22.8 Å². The first-order chi connectivity index (χ1) is 14.2. The van der Waals surface area contributed by atoms with E-state index in [0.717, 1.165) is 42.7 Å². The number of fused-ring (bicyclic) bond motifs is 1. The summed E-state index contributed by atoms with van der Waals surface area (Å²) >= 11 is 0. The minimum absolute atomic E-state index is 0.0400. The lowest BCUT2D eigenvalue weighted by molar-refractivity contribution is -0.137. The van der Waals surface area contributed by atoms with Gasteiger partial charge in [-0.25, -0.2) is 4.98 Å². The Morgan fingerprint density at radius 1 is 1.10 bits per heavy atom. The fraction of sp³-hybridized carbons (Fsp3) is 0.571. The molecule has 30 heavy (non-hydrogen) atoms. The van der Waals surface area contributed by atoms with E-state index in [4.69, 9.17) is 5.73 Å². The van der Waals surface area contributed by atoms with Gasteiger partial charge in [0.1, 0.15) is 5.82 Å². The molecule has 0 spiro atoms. The minimum Gasteiger partial charge on any atom is -0.370 e. The molecule has 1 saturated carbocycles. The Labute approximate surface area is 172 Å². The van der Waals surface area contributed by atoms with Gasteiger partial charge < -0.3 is 15.2 Å². The van der Waals surface area contributed by atoms with Crippen LogP contribution in [0.15, 0.2) is 18.2 Å². The van der Waals surface area contributed by atoms with Gasteiger partial charge in [0, 0.05) is 37.9 Å². The molecule has 2 aliphatic rings. The topological polar surface area (TPSA) is 81.2 Å². The molecule has 1 aromatic carbocycles. The second-order valence-electron chi connectivity index (χ2n) is 8.25. The molecule has 1 aliphatic carbocycles. The molecule has 2 fully saturated rings. The van der Waals surface area contributed by atoms with Crippen molar-refractivity contribution in [3.8, 4) is 0 Å². The lowest BCUT2D eigenvalue weighted by atomic mass is 9.84. The van der Waals surface area contributed by atoms with Crippen molar-refractivity contribution in [1.29, 1.82) is 0 Å². The van der Waals surface area contributed by atoms with Gasteiger partial charge in [-0.15, -0.1) is 0 Å². The van der Waals surface area contributed by atoms with Gasteiger partial charge in [-0.2, -0.15) is 13.2 Å². The molecule has 4 rings (SSSR count). The fourth-order valence-electron chi connectivity index (χ4n) is 4.39. The van der Waals surface area contributed by atoms with E-state index in [1.54, 1.807) is 4.90 Å². The van der Waals surface area contributed by atoms with Gasteiger partial charge in [-0.1, -0.05) is 6.42 Å². The summed E-state index contributed by atoms with van der Waals surface area (Å²) < 4.78 is 41.5. The molecule has 2 amide bonds. The van der Waals surface area contributed by atoms with E-state index < -0.39 is 17.6 Å². The van der Waals surface area contributed by atoms with E-state index in [-0.39, 0.29) is 30.7 Å². The number of imidazole rings is 1. The number of nitrogens with zero attached hydrogens (tertiary/aromatic N) is 3. The molecule has 1 aliphatic heterocycles. The van der Waals surface area contributed by atoms with Crippen molar-refractivity contribution in [3.05, 3.63) is 29.6 Å². The van der Waals surface area contributed by atoms with E-state index >= 15 is 0 Å². The standard InChI is InChI=1S/C21H25F3N4O2/c22-21(23,24)14-4-5-17-16(12-14)26-20(13-2-1-3-13)28(17)15-8-10-27(11-9-15)19(30)7-6-18(25)29/h4-5,12-13,15H,1-3,6-11H2,(H2,25,29). The largest absolute Gasteiger partial charge is 0.416 e. The first-order valence-electron chi connectivity index (χ1n) is 10.4. The number of benzene rings is 1. The predicted octanol–water partition coefficient (Wildman–Crippen LogP) is 3.75. The van der Waals surface area contributed by atoms with Crippen LogP contribution in [-0.4, -0.2) is 39.4 Å². The maximum atomic E-state index is 13.1. The number of carbonyl (C=O) groups excluding carboxylic acids is 2. The van der Waals surface area contributed by atoms with E-state index in [2.05, 4.69) is 9.55 Å². The molecule has 1 aromatic heterocycles. The van der Waals surface area contributed by atoms with Crippen molar-refractivity contribution in [2.24, 2.45) is 5.73 Å². The van der Waals surface area contributed by atoms with Gasteiger partial charge in [-0.05, 0) is 43.9 Å². The van der Waals surface area contributed by atoms with E-state index in [1.807, 2.05) is 0 Å². The van der Waals surface area contributed by atoms with Gasteiger partial charge in [-0.3, -0.25) is 9.59 Å². The lowest BCUT2D eigenvalue weighted by Gasteiger charge is -2.35. The summed E-state index contributed by atoms with van der Waals surface area (Å²) in [6.45, 7) is 1.10. The number of alkyl halides is 3. The molecule has 2 heterocycles. The summed E-state index contributed by atoms with van der Waals surface area (Å²) in [6, 6.07) is 3.87. The normalized spacial score (nSPS) is 18.6. The van der Waals surface area contributed by atoms with Crippen LogP contribution < -0.4 is 5.73 Å². The van der Waals surface area contributed by atoms with Gasteiger partial charge >= 0.3 is 6.18 Å². The van der Waals surface area contributed by atoms with E-state index in [0.29, 0.717) is 31.4 Å². The van der Waals surface area contributed by atoms with Crippen LogP contribution >= 0.6 is 0 Å². The van der Waals surface area contributed by atoms with Crippen LogP contribution in [0.25, 0.3) is 11.0 Å². The number of hydrogen-bond acceptors (Lipinski definition) is 3. The Bertz CT molecular complexity index is 957. The van der Waals surface area contributed by atoms with Crippen LogP contribution in [0.3, 0.4) is 0 Å². The van der Waals surface area contributed by atoms with Crippen molar-refractivity contribution >= 4 is 22.8 Å². The van der Waals surface area contributed by atoms with Crippen molar-refractivity contribution in [3.63, 3.8) is 0 Å². The minimum atomic E-state index is -4.40. The first-order valence-corrected chi connectivity index (χ1v) is 10.4. The highest BCUT2D eigenvalue weighted by Crippen LogP contribution is 2.41. The monoisotopic (exact) mass is 422 g/mol. The number of hydrogen-bond donors (Lipinski definition) is 1. The number of carbonyl (C=O) groups is 2. The van der Waals surface area contributed by atoms with Gasteiger partial charge in [0.25, 0.3) is 0 Å². The number of halogens is 3. The summed E-state index contributed by atoms with van der Waals surface area (Å²) in [4.78, 5) is 29.5. The molecule has 0 unspecified atom stereocenters. The summed E-state index contributed by atoms with van der Waals surface area (Å²) in [6.07, 6.45) is 0.266. The van der Waals surface area contributed by atoms with Crippen LogP contribution in [0.2, 0.25) is 0 Å². The van der Waals surface area contributed by atoms with Crippen molar-refractivity contribution in [1.82, 2.24) is 14.5 Å². The number of likely N-dealkylation sites (tertiary alicyclic amines) is 1. The average molecular weight is 422 g/mol.